The maximum absolute atomic E-state index is 12.9. The smallest absolute Gasteiger partial charge is 0.343 e. The third-order valence-corrected chi connectivity index (χ3v) is 7.15. The summed E-state index contributed by atoms with van der Waals surface area (Å²) >= 11 is 0. The van der Waals surface area contributed by atoms with Crippen molar-refractivity contribution in [3.63, 3.8) is 0 Å². The van der Waals surface area contributed by atoms with Gasteiger partial charge >= 0.3 is 17.9 Å². The van der Waals surface area contributed by atoms with Gasteiger partial charge in [-0.1, -0.05) is 13.5 Å². The summed E-state index contributed by atoms with van der Waals surface area (Å²) in [6.45, 7) is 6.29. The molecule has 0 aliphatic heterocycles. The van der Waals surface area contributed by atoms with Crippen LogP contribution in [-0.2, 0) is 14.3 Å². The van der Waals surface area contributed by atoms with E-state index in [9.17, 15) is 14.4 Å². The molecule has 2 aliphatic carbocycles. The largest absolute Gasteiger partial charge is 0.494 e. The van der Waals surface area contributed by atoms with Crippen molar-refractivity contribution in [2.75, 3.05) is 13.2 Å². The van der Waals surface area contributed by atoms with Crippen LogP contribution in [0, 0.1) is 0 Å². The van der Waals surface area contributed by atoms with E-state index < -0.39 is 5.97 Å². The lowest BCUT2D eigenvalue weighted by molar-refractivity contribution is -0.138. The van der Waals surface area contributed by atoms with E-state index in [1.54, 1.807) is 36.4 Å². The Labute approximate surface area is 224 Å². The summed E-state index contributed by atoms with van der Waals surface area (Å²) in [5.74, 6) is 1.52. The van der Waals surface area contributed by atoms with Crippen molar-refractivity contribution in [2.24, 2.45) is 0 Å². The number of fused-ring (bicyclic) bond motifs is 5. The molecule has 1 fully saturated rings. The number of ether oxygens (including phenoxy) is 4. The molecular weight excluding hydrogens is 484 g/mol. The van der Waals surface area contributed by atoms with Gasteiger partial charge in [0.1, 0.15) is 17.2 Å². The zero-order valence-corrected chi connectivity index (χ0v) is 22.0. The molecule has 0 amide bonds. The van der Waals surface area contributed by atoms with Gasteiger partial charge in [0.2, 0.25) is 0 Å². The molecule has 2 aromatic rings. The van der Waals surface area contributed by atoms with Gasteiger partial charge in [-0.25, -0.2) is 9.59 Å². The van der Waals surface area contributed by atoms with Crippen molar-refractivity contribution in [1.29, 1.82) is 0 Å². The van der Waals surface area contributed by atoms with Crippen molar-refractivity contribution in [1.82, 2.24) is 0 Å². The minimum atomic E-state index is -0.422. The molecule has 7 heteroatoms. The van der Waals surface area contributed by atoms with Crippen LogP contribution in [0.15, 0.2) is 49.1 Å². The third kappa shape index (κ3) is 6.82. The average molecular weight is 521 g/mol. The highest BCUT2D eigenvalue weighted by molar-refractivity contribution is 5.91. The number of carbonyl (C=O) groups is 3. The van der Waals surface area contributed by atoms with Crippen LogP contribution in [0.5, 0.6) is 17.2 Å². The van der Waals surface area contributed by atoms with Gasteiger partial charge in [-0.2, -0.15) is 0 Å². The van der Waals surface area contributed by atoms with Crippen LogP contribution in [0.25, 0.3) is 0 Å². The second-order valence-electron chi connectivity index (χ2n) is 9.87. The van der Waals surface area contributed by atoms with E-state index in [2.05, 4.69) is 6.58 Å². The Bertz CT molecular complexity index is 1150. The first-order valence-electron chi connectivity index (χ1n) is 13.6. The van der Waals surface area contributed by atoms with E-state index >= 15 is 0 Å². The first-order chi connectivity index (χ1) is 18.5. The molecule has 1 saturated carbocycles. The number of esters is 3. The normalized spacial score (nSPS) is 17.0. The Balaban J connectivity index is 1.28. The Morgan fingerprint density at radius 1 is 0.868 bits per heavy atom. The van der Waals surface area contributed by atoms with Crippen LogP contribution >= 0.6 is 0 Å². The van der Waals surface area contributed by atoms with Gasteiger partial charge in [0, 0.05) is 23.6 Å². The molecule has 0 saturated heterocycles. The predicted octanol–water partition coefficient (Wildman–Crippen LogP) is 6.64. The summed E-state index contributed by atoms with van der Waals surface area (Å²) in [7, 11) is 0. The monoisotopic (exact) mass is 520 g/mol. The number of hydrogen-bond acceptors (Lipinski definition) is 7. The topological polar surface area (TPSA) is 88.1 Å². The Morgan fingerprint density at radius 2 is 1.50 bits per heavy atom. The molecular formula is C31H36O7. The fourth-order valence-corrected chi connectivity index (χ4v) is 5.33. The van der Waals surface area contributed by atoms with E-state index in [-0.39, 0.29) is 11.9 Å². The average Bonchev–Trinajstić information content (AvgIpc) is 3.55. The molecule has 2 unspecified atom stereocenters. The summed E-state index contributed by atoms with van der Waals surface area (Å²) in [5, 5.41) is 0. The zero-order chi connectivity index (χ0) is 26.9. The second kappa shape index (κ2) is 13.3. The maximum Gasteiger partial charge on any atom is 0.343 e. The van der Waals surface area contributed by atoms with Gasteiger partial charge in [-0.05, 0) is 99.6 Å². The summed E-state index contributed by atoms with van der Waals surface area (Å²) in [4.78, 5) is 36.1. The lowest BCUT2D eigenvalue weighted by Gasteiger charge is -2.21. The van der Waals surface area contributed by atoms with Crippen LogP contribution < -0.4 is 14.2 Å². The summed E-state index contributed by atoms with van der Waals surface area (Å²) in [5.41, 5.74) is 2.51. The molecule has 2 aliphatic rings. The summed E-state index contributed by atoms with van der Waals surface area (Å²) in [6.07, 6.45) is 9.05. The minimum Gasteiger partial charge on any atom is -0.494 e. The number of rotatable bonds is 14. The molecule has 0 spiro atoms. The lowest BCUT2D eigenvalue weighted by Crippen LogP contribution is -2.14. The molecule has 2 bridgehead atoms. The highest BCUT2D eigenvalue weighted by atomic mass is 16.5. The van der Waals surface area contributed by atoms with Gasteiger partial charge in [-0.3, -0.25) is 4.79 Å². The first-order valence-corrected chi connectivity index (χ1v) is 13.6. The highest BCUT2D eigenvalue weighted by Gasteiger charge is 2.42. The minimum absolute atomic E-state index is 0.226. The molecule has 4 rings (SSSR count). The fourth-order valence-electron chi connectivity index (χ4n) is 5.33. The molecule has 2 aromatic carbocycles. The molecule has 0 radical (unpaired) electrons. The van der Waals surface area contributed by atoms with Crippen LogP contribution in [0.2, 0.25) is 0 Å². The molecule has 38 heavy (non-hydrogen) atoms. The van der Waals surface area contributed by atoms with Gasteiger partial charge in [-0.15, -0.1) is 0 Å². The Hall–Kier alpha value is -3.61. The zero-order valence-electron chi connectivity index (χ0n) is 22.0. The standard InChI is InChI=1S/C31H36O7/c1-3-9-28(33)37-25-16-17-26(30-23-11-10-22(20-23)29(25)30)38-31(34)21-12-14-24(15-13-21)35-18-7-5-6-8-19-36-27(32)4-2/h4,12-17,22-23H,2-3,5-11,18-20H2,1H3. The van der Waals surface area contributed by atoms with Gasteiger partial charge in [0.15, 0.2) is 0 Å². The SMILES string of the molecule is C=CC(=O)OCCCCCCOc1ccc(C(=O)Oc2ccc(OC(=O)CCC)c3c2C2CCC3C2)cc1. The maximum atomic E-state index is 12.9. The Kier molecular flexibility index (Phi) is 9.57. The van der Waals surface area contributed by atoms with Crippen molar-refractivity contribution < 1.29 is 33.3 Å². The van der Waals surface area contributed by atoms with Gasteiger partial charge < -0.3 is 18.9 Å². The fraction of sp³-hybridized carbons (Fsp3) is 0.452. The molecule has 202 valence electrons. The van der Waals surface area contributed by atoms with Crippen molar-refractivity contribution >= 4 is 17.9 Å². The van der Waals surface area contributed by atoms with E-state index in [0.29, 0.717) is 54.3 Å². The Morgan fingerprint density at radius 3 is 2.13 bits per heavy atom. The highest BCUT2D eigenvalue weighted by Crippen LogP contribution is 2.58. The lowest BCUT2D eigenvalue weighted by atomic mass is 9.90. The van der Waals surface area contributed by atoms with E-state index in [1.807, 2.05) is 6.92 Å². The van der Waals surface area contributed by atoms with Crippen molar-refractivity contribution in [2.45, 2.75) is 76.5 Å². The van der Waals surface area contributed by atoms with Crippen LogP contribution in [-0.4, -0.2) is 31.1 Å². The number of unbranched alkanes of at least 4 members (excludes halogenated alkanes) is 3. The molecule has 0 N–H and O–H groups in total. The van der Waals surface area contributed by atoms with E-state index in [0.717, 1.165) is 62.5 Å². The van der Waals surface area contributed by atoms with Crippen LogP contribution in [0.1, 0.15) is 98.0 Å². The van der Waals surface area contributed by atoms with Crippen molar-refractivity contribution in [3.8, 4) is 17.2 Å². The van der Waals surface area contributed by atoms with Gasteiger partial charge in [0.05, 0.1) is 18.8 Å². The number of hydrogen-bond donors (Lipinski definition) is 0. The van der Waals surface area contributed by atoms with E-state index in [1.165, 1.54) is 6.08 Å². The van der Waals surface area contributed by atoms with Crippen molar-refractivity contribution in [3.05, 3.63) is 65.7 Å². The third-order valence-electron chi connectivity index (χ3n) is 7.15. The first kappa shape index (κ1) is 27.4. The van der Waals surface area contributed by atoms with E-state index in [4.69, 9.17) is 18.9 Å². The van der Waals surface area contributed by atoms with Gasteiger partial charge in [0.25, 0.3) is 0 Å². The molecule has 2 atom stereocenters. The molecule has 7 nitrogen and oxygen atoms in total. The summed E-state index contributed by atoms with van der Waals surface area (Å²) in [6, 6.07) is 10.5. The van der Waals surface area contributed by atoms with Crippen LogP contribution in [0.3, 0.4) is 0 Å². The number of carbonyl (C=O) groups excluding carboxylic acids is 3. The second-order valence-corrected chi connectivity index (χ2v) is 9.87. The quantitative estimate of drug-likeness (QED) is 0.119. The number of benzene rings is 2. The van der Waals surface area contributed by atoms with Crippen LogP contribution in [0.4, 0.5) is 0 Å². The predicted molar refractivity (Wildman–Crippen MR) is 143 cm³/mol. The molecule has 0 heterocycles. The summed E-state index contributed by atoms with van der Waals surface area (Å²) < 4.78 is 22.3. The molecule has 0 aromatic heterocycles.